The summed E-state index contributed by atoms with van der Waals surface area (Å²) in [6.45, 7) is 9.17. The Morgan fingerprint density at radius 3 is 2.56 bits per heavy atom. The van der Waals surface area contributed by atoms with Crippen LogP contribution in [0.4, 0.5) is 0 Å². The fourth-order valence-electron chi connectivity index (χ4n) is 2.67. The number of hydrogen-bond donors (Lipinski definition) is 1. The first-order chi connectivity index (χ1) is 8.46. The molecular weight excluding hydrogens is 238 g/mol. The summed E-state index contributed by atoms with van der Waals surface area (Å²) in [4.78, 5) is 0. The van der Waals surface area contributed by atoms with Crippen LogP contribution >= 0.6 is 11.8 Å². The van der Waals surface area contributed by atoms with E-state index in [0.29, 0.717) is 17.5 Å². The Kier molecular flexibility index (Phi) is 4.39. The molecule has 1 aliphatic heterocycles. The van der Waals surface area contributed by atoms with Crippen molar-refractivity contribution >= 4 is 11.8 Å². The van der Waals surface area contributed by atoms with Crippen molar-refractivity contribution in [2.45, 2.75) is 46.2 Å². The zero-order valence-electron chi connectivity index (χ0n) is 12.0. The molecule has 1 nitrogen and oxygen atoms in total. The fourth-order valence-corrected chi connectivity index (χ4v) is 3.96. The Hall–Kier alpha value is -0.470. The zero-order valence-corrected chi connectivity index (χ0v) is 12.8. The Bertz CT molecular complexity index is 383. The molecule has 1 N–H and O–H groups in total. The van der Waals surface area contributed by atoms with Gasteiger partial charge in [0, 0.05) is 17.8 Å². The predicted octanol–water partition coefficient (Wildman–Crippen LogP) is 4.18. The van der Waals surface area contributed by atoms with Gasteiger partial charge in [0.15, 0.2) is 0 Å². The quantitative estimate of drug-likeness (QED) is 0.878. The molecule has 18 heavy (non-hydrogen) atoms. The monoisotopic (exact) mass is 263 g/mol. The Labute approximate surface area is 116 Å². The van der Waals surface area contributed by atoms with Gasteiger partial charge in [0.1, 0.15) is 0 Å². The van der Waals surface area contributed by atoms with Gasteiger partial charge in [0.2, 0.25) is 0 Å². The van der Waals surface area contributed by atoms with Gasteiger partial charge in [-0.15, -0.1) is 0 Å². The van der Waals surface area contributed by atoms with Crippen LogP contribution in [0, 0.1) is 12.3 Å². The second kappa shape index (κ2) is 5.66. The van der Waals surface area contributed by atoms with E-state index in [4.69, 9.17) is 0 Å². The molecule has 2 heteroatoms. The molecule has 0 amide bonds. The topological polar surface area (TPSA) is 12.0 Å². The third kappa shape index (κ3) is 3.76. The van der Waals surface area contributed by atoms with Crippen molar-refractivity contribution in [1.82, 2.24) is 5.32 Å². The maximum atomic E-state index is 3.79. The molecule has 2 atom stereocenters. The summed E-state index contributed by atoms with van der Waals surface area (Å²) in [5.74, 6) is 2.55. The zero-order chi connectivity index (χ0) is 13.2. The van der Waals surface area contributed by atoms with Crippen molar-refractivity contribution in [2.75, 3.05) is 11.5 Å². The number of aryl methyl sites for hydroxylation is 1. The molecule has 1 heterocycles. The van der Waals surface area contributed by atoms with E-state index in [1.807, 2.05) is 0 Å². The van der Waals surface area contributed by atoms with Crippen LogP contribution in [0.2, 0.25) is 0 Å². The average Bonchev–Trinajstić information content (AvgIpc) is 2.28. The van der Waals surface area contributed by atoms with Gasteiger partial charge in [-0.1, -0.05) is 43.7 Å². The largest absolute Gasteiger partial charge is 0.307 e. The smallest absolute Gasteiger partial charge is 0.0294 e. The SMILES string of the molecule is Cc1ccc([C@@H](C)NC2CSCC(C)(C)C2)cc1. The van der Waals surface area contributed by atoms with Crippen molar-refractivity contribution in [3.05, 3.63) is 35.4 Å². The van der Waals surface area contributed by atoms with Crippen molar-refractivity contribution in [2.24, 2.45) is 5.41 Å². The highest BCUT2D eigenvalue weighted by Crippen LogP contribution is 2.34. The molecule has 100 valence electrons. The summed E-state index contributed by atoms with van der Waals surface area (Å²) in [5, 5.41) is 3.79. The first-order valence-corrected chi connectivity index (χ1v) is 8.02. The highest BCUT2D eigenvalue weighted by Gasteiger charge is 2.29. The minimum absolute atomic E-state index is 0.449. The number of hydrogen-bond acceptors (Lipinski definition) is 2. The van der Waals surface area contributed by atoms with Crippen LogP contribution in [-0.2, 0) is 0 Å². The lowest BCUT2D eigenvalue weighted by Gasteiger charge is -2.36. The highest BCUT2D eigenvalue weighted by molar-refractivity contribution is 7.99. The second-order valence-electron chi connectivity index (χ2n) is 6.38. The van der Waals surface area contributed by atoms with Gasteiger partial charge < -0.3 is 5.32 Å². The van der Waals surface area contributed by atoms with Gasteiger partial charge in [-0.05, 0) is 37.0 Å². The number of rotatable bonds is 3. The van der Waals surface area contributed by atoms with Crippen LogP contribution in [-0.4, -0.2) is 17.5 Å². The molecule has 1 fully saturated rings. The van der Waals surface area contributed by atoms with E-state index in [1.165, 1.54) is 29.1 Å². The second-order valence-corrected chi connectivity index (χ2v) is 7.41. The van der Waals surface area contributed by atoms with E-state index < -0.39 is 0 Å². The van der Waals surface area contributed by atoms with Gasteiger partial charge in [-0.25, -0.2) is 0 Å². The first kappa shape index (κ1) is 14.0. The van der Waals surface area contributed by atoms with E-state index in [1.54, 1.807) is 0 Å². The van der Waals surface area contributed by atoms with E-state index in [2.05, 4.69) is 69.0 Å². The lowest BCUT2D eigenvalue weighted by atomic mass is 9.87. The van der Waals surface area contributed by atoms with Crippen LogP contribution in [0.5, 0.6) is 0 Å². The summed E-state index contributed by atoms with van der Waals surface area (Å²) in [7, 11) is 0. The predicted molar refractivity (Wildman–Crippen MR) is 82.2 cm³/mol. The molecule has 1 aliphatic rings. The number of benzene rings is 1. The molecular formula is C16H25NS. The summed E-state index contributed by atoms with van der Waals surface area (Å²) < 4.78 is 0. The van der Waals surface area contributed by atoms with Crippen molar-refractivity contribution in [3.63, 3.8) is 0 Å². The molecule has 2 rings (SSSR count). The Morgan fingerprint density at radius 2 is 1.94 bits per heavy atom. The molecule has 1 aromatic rings. The molecule has 0 aromatic heterocycles. The summed E-state index contributed by atoms with van der Waals surface area (Å²) >= 11 is 2.09. The average molecular weight is 263 g/mol. The molecule has 1 aromatic carbocycles. The summed E-state index contributed by atoms with van der Waals surface area (Å²) in [5.41, 5.74) is 3.21. The minimum Gasteiger partial charge on any atom is -0.307 e. The molecule has 0 bridgehead atoms. The molecule has 0 radical (unpaired) electrons. The third-order valence-corrected chi connectivity index (χ3v) is 5.30. The third-order valence-electron chi connectivity index (χ3n) is 3.67. The maximum absolute atomic E-state index is 3.79. The molecule has 1 unspecified atom stereocenters. The standard InChI is InChI=1S/C16H25NS/c1-12-5-7-14(8-6-12)13(2)17-15-9-16(3,4)11-18-10-15/h5-8,13,15,17H,9-11H2,1-4H3/t13-,15?/m1/s1. The number of thioether (sulfide) groups is 1. The van der Waals surface area contributed by atoms with Crippen LogP contribution in [0.25, 0.3) is 0 Å². The summed E-state index contributed by atoms with van der Waals surface area (Å²) in [6.07, 6.45) is 1.29. The first-order valence-electron chi connectivity index (χ1n) is 6.87. The molecule has 1 saturated heterocycles. The van der Waals surface area contributed by atoms with Gasteiger partial charge >= 0.3 is 0 Å². The van der Waals surface area contributed by atoms with Crippen molar-refractivity contribution in [1.29, 1.82) is 0 Å². The van der Waals surface area contributed by atoms with Crippen LogP contribution in [0.3, 0.4) is 0 Å². The molecule has 0 aliphatic carbocycles. The van der Waals surface area contributed by atoms with Gasteiger partial charge in [0.05, 0.1) is 0 Å². The Balaban J connectivity index is 1.94. The van der Waals surface area contributed by atoms with Crippen LogP contribution in [0.1, 0.15) is 44.4 Å². The van der Waals surface area contributed by atoms with E-state index >= 15 is 0 Å². The van der Waals surface area contributed by atoms with Gasteiger partial charge in [-0.3, -0.25) is 0 Å². The van der Waals surface area contributed by atoms with Crippen molar-refractivity contribution in [3.8, 4) is 0 Å². The minimum atomic E-state index is 0.449. The van der Waals surface area contributed by atoms with Gasteiger partial charge in [-0.2, -0.15) is 11.8 Å². The molecule has 0 saturated carbocycles. The lowest BCUT2D eigenvalue weighted by molar-refractivity contribution is 0.305. The highest BCUT2D eigenvalue weighted by atomic mass is 32.2. The Morgan fingerprint density at radius 1 is 1.28 bits per heavy atom. The molecule has 0 spiro atoms. The van der Waals surface area contributed by atoms with E-state index in [0.717, 1.165) is 0 Å². The van der Waals surface area contributed by atoms with Crippen molar-refractivity contribution < 1.29 is 0 Å². The van der Waals surface area contributed by atoms with Crippen LogP contribution < -0.4 is 5.32 Å². The normalized spacial score (nSPS) is 24.8. The van der Waals surface area contributed by atoms with Gasteiger partial charge in [0.25, 0.3) is 0 Å². The maximum Gasteiger partial charge on any atom is 0.0294 e. The summed E-state index contributed by atoms with van der Waals surface area (Å²) in [6, 6.07) is 9.99. The van der Waals surface area contributed by atoms with Crippen LogP contribution in [0.15, 0.2) is 24.3 Å². The lowest BCUT2D eigenvalue weighted by Crippen LogP contribution is -2.41. The number of nitrogens with one attached hydrogen (secondary N) is 1. The fraction of sp³-hybridized carbons (Fsp3) is 0.625. The van der Waals surface area contributed by atoms with E-state index in [-0.39, 0.29) is 0 Å². The van der Waals surface area contributed by atoms with E-state index in [9.17, 15) is 0 Å².